The van der Waals surface area contributed by atoms with Gasteiger partial charge in [-0.3, -0.25) is 4.90 Å². The van der Waals surface area contributed by atoms with Crippen LogP contribution in [0.5, 0.6) is 0 Å². The Morgan fingerprint density at radius 2 is 1.50 bits per heavy atom. The minimum atomic E-state index is 0.0220. The summed E-state index contributed by atoms with van der Waals surface area (Å²) in [5.41, 5.74) is 1.30. The van der Waals surface area contributed by atoms with Crippen LogP contribution < -0.4 is 0 Å². The molecule has 2 rings (SSSR count). The first kappa shape index (κ1) is 15.4. The van der Waals surface area contributed by atoms with Gasteiger partial charge in [0.2, 0.25) is 0 Å². The van der Waals surface area contributed by atoms with E-state index in [2.05, 4.69) is 29.2 Å². The van der Waals surface area contributed by atoms with Crippen LogP contribution >= 0.6 is 0 Å². The van der Waals surface area contributed by atoms with Gasteiger partial charge in [0.25, 0.3) is 0 Å². The monoisotopic (exact) mass is 281 g/mol. The molecule has 1 aromatic rings. The van der Waals surface area contributed by atoms with Crippen molar-refractivity contribution in [3.05, 3.63) is 35.9 Å². The molecule has 0 bridgehead atoms. The van der Waals surface area contributed by atoms with Crippen molar-refractivity contribution < 1.29 is 18.9 Å². The number of hydrogen-bond acceptors (Lipinski definition) is 5. The molecule has 0 saturated carbocycles. The number of rotatable bonds is 8. The van der Waals surface area contributed by atoms with E-state index in [1.807, 2.05) is 6.07 Å². The summed E-state index contributed by atoms with van der Waals surface area (Å²) in [5, 5.41) is 0. The lowest BCUT2D eigenvalue weighted by molar-refractivity contribution is -0.139. The summed E-state index contributed by atoms with van der Waals surface area (Å²) in [6.45, 7) is 3.16. The summed E-state index contributed by atoms with van der Waals surface area (Å²) in [4.78, 5) is 2.33. The van der Waals surface area contributed by atoms with E-state index < -0.39 is 0 Å². The van der Waals surface area contributed by atoms with Gasteiger partial charge in [0.1, 0.15) is 25.8 Å². The average molecular weight is 281 g/mol. The Kier molecular flexibility index (Phi) is 6.42. The molecular weight excluding hydrogens is 258 g/mol. The third-order valence-electron chi connectivity index (χ3n) is 3.34. The van der Waals surface area contributed by atoms with Crippen LogP contribution in [0.15, 0.2) is 30.3 Å². The standard InChI is InChI=1S/C15H23NO4/c1-17-11-19-14-9-16(10-15(14)20-12-18-2)8-13-6-4-3-5-7-13/h3-7,14-15H,8-12H2,1-2H3/t14-,15-/m0/s1. The van der Waals surface area contributed by atoms with E-state index in [0.29, 0.717) is 0 Å². The number of methoxy groups -OCH3 is 2. The van der Waals surface area contributed by atoms with Crippen molar-refractivity contribution >= 4 is 0 Å². The quantitative estimate of drug-likeness (QED) is 0.675. The summed E-state index contributed by atoms with van der Waals surface area (Å²) < 4.78 is 21.3. The number of hydrogen-bond donors (Lipinski definition) is 0. The molecule has 0 aromatic heterocycles. The first-order valence-corrected chi connectivity index (χ1v) is 6.81. The maximum absolute atomic E-state index is 5.69. The molecule has 0 aliphatic carbocycles. The molecule has 1 fully saturated rings. The maximum Gasteiger partial charge on any atom is 0.146 e. The van der Waals surface area contributed by atoms with Crippen LogP contribution in [0.25, 0.3) is 0 Å². The Labute approximate surface area is 120 Å². The summed E-state index contributed by atoms with van der Waals surface area (Å²) in [5.74, 6) is 0. The fourth-order valence-corrected chi connectivity index (χ4v) is 2.42. The normalized spacial score (nSPS) is 23.3. The highest BCUT2D eigenvalue weighted by Gasteiger charge is 2.34. The third-order valence-corrected chi connectivity index (χ3v) is 3.34. The Bertz CT molecular complexity index is 357. The first-order valence-electron chi connectivity index (χ1n) is 6.81. The van der Waals surface area contributed by atoms with E-state index in [1.54, 1.807) is 14.2 Å². The van der Waals surface area contributed by atoms with E-state index in [9.17, 15) is 0 Å². The molecule has 0 radical (unpaired) electrons. The van der Waals surface area contributed by atoms with Gasteiger partial charge in [0.05, 0.1) is 0 Å². The second-order valence-corrected chi connectivity index (χ2v) is 4.90. The van der Waals surface area contributed by atoms with Gasteiger partial charge >= 0.3 is 0 Å². The van der Waals surface area contributed by atoms with Crippen molar-refractivity contribution in [1.29, 1.82) is 0 Å². The van der Waals surface area contributed by atoms with E-state index in [0.717, 1.165) is 19.6 Å². The number of likely N-dealkylation sites (tertiary alicyclic amines) is 1. The van der Waals surface area contributed by atoms with Crippen molar-refractivity contribution in [3.8, 4) is 0 Å². The summed E-state index contributed by atoms with van der Waals surface area (Å²) in [6, 6.07) is 10.4. The summed E-state index contributed by atoms with van der Waals surface area (Å²) in [6.07, 6.45) is 0.0441. The zero-order valence-electron chi connectivity index (χ0n) is 12.2. The molecule has 0 amide bonds. The number of nitrogens with zero attached hydrogens (tertiary/aromatic N) is 1. The molecule has 5 heteroatoms. The average Bonchev–Trinajstić information content (AvgIpc) is 2.85. The topological polar surface area (TPSA) is 40.2 Å². The largest absolute Gasteiger partial charge is 0.359 e. The molecule has 2 atom stereocenters. The van der Waals surface area contributed by atoms with Gasteiger partial charge in [-0.25, -0.2) is 0 Å². The lowest BCUT2D eigenvalue weighted by Gasteiger charge is -2.18. The van der Waals surface area contributed by atoms with Crippen LogP contribution in [0.2, 0.25) is 0 Å². The molecule has 1 heterocycles. The van der Waals surface area contributed by atoms with Crippen LogP contribution in [0, 0.1) is 0 Å². The highest BCUT2D eigenvalue weighted by molar-refractivity contribution is 5.14. The van der Waals surface area contributed by atoms with Crippen LogP contribution in [0.1, 0.15) is 5.56 Å². The predicted molar refractivity (Wildman–Crippen MR) is 75.2 cm³/mol. The lowest BCUT2D eigenvalue weighted by atomic mass is 10.2. The third kappa shape index (κ3) is 4.54. The Balaban J connectivity index is 1.88. The van der Waals surface area contributed by atoms with Crippen molar-refractivity contribution in [2.45, 2.75) is 18.8 Å². The molecular formula is C15H23NO4. The van der Waals surface area contributed by atoms with Gasteiger partial charge in [-0.15, -0.1) is 0 Å². The van der Waals surface area contributed by atoms with Gasteiger partial charge in [0.15, 0.2) is 0 Å². The lowest BCUT2D eigenvalue weighted by Crippen LogP contribution is -2.31. The fourth-order valence-electron chi connectivity index (χ4n) is 2.42. The van der Waals surface area contributed by atoms with Crippen LogP contribution in [-0.2, 0) is 25.5 Å². The fraction of sp³-hybridized carbons (Fsp3) is 0.600. The highest BCUT2D eigenvalue weighted by Crippen LogP contribution is 2.19. The van der Waals surface area contributed by atoms with Gasteiger partial charge < -0.3 is 18.9 Å². The Morgan fingerprint density at radius 3 is 2.00 bits per heavy atom. The van der Waals surface area contributed by atoms with Crippen molar-refractivity contribution in [2.24, 2.45) is 0 Å². The number of benzene rings is 1. The van der Waals surface area contributed by atoms with Crippen molar-refractivity contribution in [1.82, 2.24) is 4.90 Å². The molecule has 0 spiro atoms. The second-order valence-electron chi connectivity index (χ2n) is 4.90. The van der Waals surface area contributed by atoms with E-state index in [1.165, 1.54) is 5.56 Å². The smallest absolute Gasteiger partial charge is 0.146 e. The summed E-state index contributed by atoms with van der Waals surface area (Å²) in [7, 11) is 3.25. The first-order chi connectivity index (χ1) is 9.83. The van der Waals surface area contributed by atoms with Crippen molar-refractivity contribution in [2.75, 3.05) is 40.9 Å². The summed E-state index contributed by atoms with van der Waals surface area (Å²) >= 11 is 0. The molecule has 112 valence electrons. The Hall–Kier alpha value is -0.980. The molecule has 1 saturated heterocycles. The van der Waals surface area contributed by atoms with E-state index in [4.69, 9.17) is 18.9 Å². The molecule has 1 aromatic carbocycles. The van der Waals surface area contributed by atoms with Gasteiger partial charge in [0, 0.05) is 33.9 Å². The van der Waals surface area contributed by atoms with E-state index >= 15 is 0 Å². The Morgan fingerprint density at radius 1 is 0.950 bits per heavy atom. The van der Waals surface area contributed by atoms with Crippen LogP contribution in [0.3, 0.4) is 0 Å². The maximum atomic E-state index is 5.69. The van der Waals surface area contributed by atoms with Gasteiger partial charge in [-0.05, 0) is 5.56 Å². The molecule has 5 nitrogen and oxygen atoms in total. The SMILES string of the molecule is COCO[C@H]1CN(Cc2ccccc2)C[C@@H]1OCOC. The van der Waals surface area contributed by atoms with Crippen LogP contribution in [0.4, 0.5) is 0 Å². The minimum absolute atomic E-state index is 0.0220. The zero-order chi connectivity index (χ0) is 14.2. The van der Waals surface area contributed by atoms with E-state index in [-0.39, 0.29) is 25.8 Å². The molecule has 1 aliphatic heterocycles. The van der Waals surface area contributed by atoms with Gasteiger partial charge in [-0.1, -0.05) is 30.3 Å². The number of ether oxygens (including phenoxy) is 4. The van der Waals surface area contributed by atoms with Crippen LogP contribution in [-0.4, -0.2) is 58.0 Å². The predicted octanol–water partition coefficient (Wildman–Crippen LogP) is 1.48. The van der Waals surface area contributed by atoms with Gasteiger partial charge in [-0.2, -0.15) is 0 Å². The highest BCUT2D eigenvalue weighted by atomic mass is 16.7. The molecule has 1 aliphatic rings. The molecule has 20 heavy (non-hydrogen) atoms. The second kappa shape index (κ2) is 8.34. The van der Waals surface area contributed by atoms with Crippen molar-refractivity contribution in [3.63, 3.8) is 0 Å². The molecule has 0 N–H and O–H groups in total. The minimum Gasteiger partial charge on any atom is -0.359 e. The molecule has 0 unspecified atom stereocenters. The zero-order valence-corrected chi connectivity index (χ0v) is 12.2.